The maximum atomic E-state index is 13.0. The average molecular weight is 1060 g/mol. The van der Waals surface area contributed by atoms with E-state index in [1.807, 2.05) is 0 Å². The number of aliphatic carboxylic acids is 1. The molecule has 416 valence electrons. The Bertz CT molecular complexity index is 1790. The van der Waals surface area contributed by atoms with Crippen LogP contribution in [0.1, 0.15) is 20.3 Å². The lowest BCUT2D eigenvalue weighted by atomic mass is 9.88. The summed E-state index contributed by atoms with van der Waals surface area (Å²) in [5.74, 6) is -8.14. The topological polar surface area (TPSA) is 531 Å². The van der Waals surface area contributed by atoms with Crippen molar-refractivity contribution in [2.75, 3.05) is 39.6 Å². The molecule has 1 unspecified atom stereocenters. The lowest BCUT2D eigenvalue weighted by Crippen LogP contribution is -2.71. The summed E-state index contributed by atoms with van der Waals surface area (Å²) in [6.45, 7) is -4.48. The maximum Gasteiger partial charge on any atom is 0.364 e. The number of hydrogen-bond acceptors (Lipinski definition) is 29. The van der Waals surface area contributed by atoms with E-state index < -0.39 is 229 Å². The van der Waals surface area contributed by atoms with Gasteiger partial charge in [-0.25, -0.2) is 4.79 Å². The zero-order chi connectivity index (χ0) is 53.7. The van der Waals surface area contributed by atoms with Gasteiger partial charge in [-0.1, -0.05) is 0 Å². The summed E-state index contributed by atoms with van der Waals surface area (Å²) in [4.78, 5) is 49.5. The van der Waals surface area contributed by atoms with E-state index in [0.29, 0.717) is 0 Å². The van der Waals surface area contributed by atoms with Crippen LogP contribution in [0.4, 0.5) is 0 Å². The number of carboxylic acid groups (broad SMARTS) is 1. The minimum atomic E-state index is -3.24. The van der Waals surface area contributed by atoms with Gasteiger partial charge in [0.05, 0.1) is 45.2 Å². The monoisotopic (exact) mass is 1060 g/mol. The molecule has 0 spiro atoms. The summed E-state index contributed by atoms with van der Waals surface area (Å²) in [5, 5.41) is 188. The summed E-state index contributed by atoms with van der Waals surface area (Å²) in [6, 6.07) is -5.20. The van der Waals surface area contributed by atoms with E-state index in [0.717, 1.165) is 13.8 Å². The molecule has 0 saturated carbocycles. The molecule has 72 heavy (non-hydrogen) atoms. The first-order valence-electron chi connectivity index (χ1n) is 22.4. The number of amides is 3. The fraction of sp³-hybridized carbons (Fsp3) is 0.897. The van der Waals surface area contributed by atoms with Gasteiger partial charge in [0.25, 0.3) is 5.79 Å². The average Bonchev–Trinajstić information content (AvgIpc) is 3.34. The van der Waals surface area contributed by atoms with Crippen molar-refractivity contribution in [1.29, 1.82) is 0 Å². The largest absolute Gasteiger partial charge is 0.477 e. The highest BCUT2D eigenvalue weighted by Gasteiger charge is 2.61. The molecular formula is C39H65N3O30. The zero-order valence-electron chi connectivity index (χ0n) is 38.3. The molecule has 5 heterocycles. The predicted octanol–water partition coefficient (Wildman–Crippen LogP) is -13.3. The van der Waals surface area contributed by atoms with E-state index in [1.54, 1.807) is 0 Å². The molecular weight excluding hydrogens is 990 g/mol. The van der Waals surface area contributed by atoms with Crippen LogP contribution in [0.2, 0.25) is 0 Å². The van der Waals surface area contributed by atoms with E-state index in [2.05, 4.69) is 16.0 Å². The van der Waals surface area contributed by atoms with Crippen molar-refractivity contribution in [3.8, 4) is 0 Å². The van der Waals surface area contributed by atoms with E-state index in [-0.39, 0.29) is 0 Å². The van der Waals surface area contributed by atoms with E-state index >= 15 is 0 Å². The van der Waals surface area contributed by atoms with Crippen molar-refractivity contribution in [3.63, 3.8) is 0 Å². The Morgan fingerprint density at radius 3 is 1.51 bits per heavy atom. The van der Waals surface area contributed by atoms with Crippen LogP contribution in [0.25, 0.3) is 0 Å². The summed E-state index contributed by atoms with van der Waals surface area (Å²) in [6.07, 6.45) is -45.7. The van der Waals surface area contributed by atoms with Crippen molar-refractivity contribution in [1.82, 2.24) is 16.0 Å². The lowest BCUT2D eigenvalue weighted by molar-refractivity contribution is -0.389. The Morgan fingerprint density at radius 2 is 1.03 bits per heavy atom. The number of carbonyl (C=O) groups is 4. The van der Waals surface area contributed by atoms with Gasteiger partial charge in [-0.15, -0.1) is 0 Å². The molecule has 0 aromatic heterocycles. The molecule has 0 aliphatic carbocycles. The van der Waals surface area contributed by atoms with E-state index in [4.69, 9.17) is 42.6 Å². The molecule has 5 saturated heterocycles. The zero-order valence-corrected chi connectivity index (χ0v) is 38.3. The number of carbonyl (C=O) groups excluding carboxylic acids is 3. The number of aliphatic hydroxyl groups is 16. The minimum Gasteiger partial charge on any atom is -0.477 e. The summed E-state index contributed by atoms with van der Waals surface area (Å²) in [5.41, 5.74) is 0. The molecule has 5 rings (SSSR count). The van der Waals surface area contributed by atoms with Crippen LogP contribution >= 0.6 is 0 Å². The van der Waals surface area contributed by atoms with E-state index in [1.165, 1.54) is 0 Å². The predicted molar refractivity (Wildman–Crippen MR) is 220 cm³/mol. The molecule has 3 amide bonds. The fourth-order valence-corrected chi connectivity index (χ4v) is 8.94. The second-order valence-corrected chi connectivity index (χ2v) is 17.6. The van der Waals surface area contributed by atoms with Crippen LogP contribution in [0.5, 0.6) is 0 Å². The molecule has 0 aromatic carbocycles. The van der Waals surface area contributed by atoms with Crippen LogP contribution in [0.15, 0.2) is 0 Å². The van der Waals surface area contributed by atoms with Crippen LogP contribution in [0, 0.1) is 0 Å². The smallest absolute Gasteiger partial charge is 0.364 e. The second-order valence-electron chi connectivity index (χ2n) is 17.6. The van der Waals surface area contributed by atoms with Crippen LogP contribution in [-0.4, -0.2) is 309 Å². The highest BCUT2D eigenvalue weighted by atomic mass is 16.8. The second kappa shape index (κ2) is 25.6. The number of rotatable bonds is 20. The van der Waals surface area contributed by atoms with Crippen LogP contribution in [0.3, 0.4) is 0 Å². The maximum absolute atomic E-state index is 13.0. The first kappa shape index (κ1) is 59.8. The SMILES string of the molecule is CC(=O)N[C@H]1[C@H](O[C@H]2[C@@H](O)[C@@H](CO)O[C@@H](O[C@H]3[C@H](O)[C@@H](NC(C)=O)C(O)O[C@@H]3CO)[C@@H]2O)O[C@H](CO)[C@@H](O[C@@H]2O[C@H](CO)[C@H](O)[C@H](O[C@]3(C(=O)O)C[C@H](O)[C@@H](NC(=O)CO)[C@H]([C@H](O)[C@H](O)CO)O3)[C@H]2O)[C@@H]1O. The minimum absolute atomic E-state index is 0.724. The van der Waals surface area contributed by atoms with E-state index in [9.17, 15) is 106 Å². The number of ether oxygens (including phenoxy) is 9. The quantitative estimate of drug-likeness (QED) is 0.0538. The molecule has 5 aliphatic rings. The molecule has 0 radical (unpaired) electrons. The van der Waals surface area contributed by atoms with Gasteiger partial charge in [0, 0.05) is 20.3 Å². The molecule has 20 N–H and O–H groups in total. The van der Waals surface area contributed by atoms with Crippen molar-refractivity contribution in [2.24, 2.45) is 0 Å². The lowest BCUT2D eigenvalue weighted by Gasteiger charge is -2.51. The number of carboxylic acids is 1. The highest BCUT2D eigenvalue weighted by Crippen LogP contribution is 2.39. The van der Waals surface area contributed by atoms with Crippen LogP contribution in [-0.2, 0) is 61.8 Å². The molecule has 0 bridgehead atoms. The van der Waals surface area contributed by atoms with Gasteiger partial charge in [0.15, 0.2) is 25.2 Å². The standard InChI is InChI=1S/C39H65N3O30/c1-10(49)40-20-25(57)29(16(7-46)64-34(20)61)68-36-27(59)32(23(55)14(5-44)65-36)70-35-21(41-11(2)50)26(58)30(17(8-47)67-35)69-37-28(60)33(24(56)15(6-45)66-37)72-39(38(62)63)3-12(51)19(42-18(53)9-48)31(71-39)22(54)13(52)4-43/h12-17,19-37,43-48,51-52,54-61H,3-9H2,1-2H3,(H,40,49)(H,41,50)(H,42,53)(H,62,63)/t12-,13+,14+,15+,16+,17+,19+,20+,21+,22+,23-,24-,25+,26+,27+,28+,29+,30+,31+,32-,33-,34?,35-,36-,37-,39-/m0/s1. The molecule has 33 heteroatoms. The Hall–Kier alpha value is -3.12. The third kappa shape index (κ3) is 12.9. The van der Waals surface area contributed by atoms with Gasteiger partial charge in [-0.3, -0.25) is 14.4 Å². The molecule has 5 aliphatic heterocycles. The number of nitrogens with one attached hydrogen (secondary N) is 3. The molecule has 0 aromatic rings. The van der Waals surface area contributed by atoms with Crippen molar-refractivity contribution >= 4 is 23.7 Å². The Balaban J connectivity index is 1.40. The third-order valence-electron chi connectivity index (χ3n) is 12.6. The number of aliphatic hydroxyl groups excluding tert-OH is 16. The Morgan fingerprint density at radius 1 is 0.569 bits per heavy atom. The molecule has 33 nitrogen and oxygen atoms in total. The summed E-state index contributed by atoms with van der Waals surface area (Å²) >= 11 is 0. The third-order valence-corrected chi connectivity index (χ3v) is 12.6. The van der Waals surface area contributed by atoms with Gasteiger partial charge < -0.3 is 145 Å². The highest BCUT2D eigenvalue weighted by molar-refractivity contribution is 5.78. The fourth-order valence-electron chi connectivity index (χ4n) is 8.94. The summed E-state index contributed by atoms with van der Waals surface area (Å²) < 4.78 is 51.0. The van der Waals surface area contributed by atoms with Crippen molar-refractivity contribution in [3.05, 3.63) is 0 Å². The van der Waals surface area contributed by atoms with Gasteiger partial charge >= 0.3 is 5.97 Å². The number of hydrogen-bond donors (Lipinski definition) is 20. The molecule has 5 fully saturated rings. The van der Waals surface area contributed by atoms with Gasteiger partial charge in [-0.05, 0) is 0 Å². The van der Waals surface area contributed by atoms with Crippen molar-refractivity contribution < 1.29 is 149 Å². The molecule has 26 atom stereocenters. The van der Waals surface area contributed by atoms with Gasteiger partial charge in [-0.2, -0.15) is 0 Å². The first-order valence-corrected chi connectivity index (χ1v) is 22.4. The van der Waals surface area contributed by atoms with Gasteiger partial charge in [0.1, 0.15) is 122 Å². The van der Waals surface area contributed by atoms with Crippen LogP contribution < -0.4 is 16.0 Å². The normalized spacial score (nSPS) is 44.6. The van der Waals surface area contributed by atoms with Gasteiger partial charge in [0.2, 0.25) is 17.7 Å². The summed E-state index contributed by atoms with van der Waals surface area (Å²) in [7, 11) is 0. The van der Waals surface area contributed by atoms with Crippen molar-refractivity contribution in [2.45, 2.75) is 179 Å². The Kier molecular flexibility index (Phi) is 21.3. The first-order chi connectivity index (χ1) is 33.9. The Labute approximate surface area is 406 Å².